The minimum absolute atomic E-state index is 0.680. The first kappa shape index (κ1) is 7.60. The Morgan fingerprint density at radius 3 is 2.55 bits per heavy atom. The molecule has 0 radical (unpaired) electrons. The molecule has 1 aliphatic heterocycles. The van der Waals surface area contributed by atoms with Crippen molar-refractivity contribution in [3.63, 3.8) is 0 Å². The van der Waals surface area contributed by atoms with Crippen LogP contribution in [0, 0.1) is 5.41 Å². The summed E-state index contributed by atoms with van der Waals surface area (Å²) in [6, 6.07) is 0. The lowest BCUT2D eigenvalue weighted by molar-refractivity contribution is 0.292. The second kappa shape index (κ2) is 2.78. The standard InChI is InChI=1S/C10H18O/c1-2-3-4-5-10(6-7-10)9-8-11-9/h9H,2-8H2,1H3. The number of rotatable bonds is 5. The highest BCUT2D eigenvalue weighted by Crippen LogP contribution is 2.57. The third-order valence-corrected chi connectivity index (χ3v) is 3.19. The molecule has 0 aromatic carbocycles. The highest BCUT2D eigenvalue weighted by molar-refractivity contribution is 5.03. The van der Waals surface area contributed by atoms with Crippen molar-refractivity contribution >= 4 is 0 Å². The molecular weight excluding hydrogens is 136 g/mol. The van der Waals surface area contributed by atoms with Crippen molar-refractivity contribution in [2.45, 2.75) is 51.6 Å². The molecule has 0 bridgehead atoms. The van der Waals surface area contributed by atoms with Crippen LogP contribution < -0.4 is 0 Å². The molecule has 1 saturated carbocycles. The van der Waals surface area contributed by atoms with E-state index >= 15 is 0 Å². The summed E-state index contributed by atoms with van der Waals surface area (Å²) >= 11 is 0. The fraction of sp³-hybridized carbons (Fsp3) is 1.00. The number of hydrogen-bond acceptors (Lipinski definition) is 1. The van der Waals surface area contributed by atoms with Crippen molar-refractivity contribution in [1.82, 2.24) is 0 Å². The summed E-state index contributed by atoms with van der Waals surface area (Å²) in [5.74, 6) is 0. The van der Waals surface area contributed by atoms with Crippen LogP contribution in [0.15, 0.2) is 0 Å². The Kier molecular flexibility index (Phi) is 1.92. The molecule has 0 spiro atoms. The second-order valence-corrected chi connectivity index (χ2v) is 4.14. The molecule has 1 atom stereocenters. The van der Waals surface area contributed by atoms with Gasteiger partial charge in [0.25, 0.3) is 0 Å². The molecule has 0 aromatic heterocycles. The molecule has 64 valence electrons. The molecule has 1 saturated heterocycles. The van der Waals surface area contributed by atoms with Crippen LogP contribution in [0.1, 0.15) is 45.4 Å². The molecular formula is C10H18O. The maximum atomic E-state index is 5.37. The minimum Gasteiger partial charge on any atom is -0.373 e. The molecule has 2 rings (SSSR count). The molecule has 1 nitrogen and oxygen atoms in total. The van der Waals surface area contributed by atoms with Crippen LogP contribution in [0.2, 0.25) is 0 Å². The lowest BCUT2D eigenvalue weighted by Crippen LogP contribution is -2.08. The predicted molar refractivity (Wildman–Crippen MR) is 45.5 cm³/mol. The van der Waals surface area contributed by atoms with Gasteiger partial charge in [0.1, 0.15) is 0 Å². The average Bonchev–Trinajstić information content (AvgIpc) is 2.84. The highest BCUT2D eigenvalue weighted by atomic mass is 16.6. The Bertz CT molecular complexity index is 134. The lowest BCUT2D eigenvalue weighted by atomic mass is 9.95. The Morgan fingerprint density at radius 1 is 1.36 bits per heavy atom. The molecule has 1 unspecified atom stereocenters. The van der Waals surface area contributed by atoms with Crippen LogP contribution in [0.5, 0.6) is 0 Å². The van der Waals surface area contributed by atoms with E-state index in [4.69, 9.17) is 4.74 Å². The molecule has 2 aliphatic rings. The maximum absolute atomic E-state index is 5.37. The third kappa shape index (κ3) is 1.58. The number of epoxide rings is 1. The van der Waals surface area contributed by atoms with E-state index in [1.54, 1.807) is 0 Å². The summed E-state index contributed by atoms with van der Waals surface area (Å²) in [7, 11) is 0. The van der Waals surface area contributed by atoms with Crippen LogP contribution in [0.3, 0.4) is 0 Å². The van der Waals surface area contributed by atoms with E-state index in [2.05, 4.69) is 6.92 Å². The van der Waals surface area contributed by atoms with Gasteiger partial charge in [-0.2, -0.15) is 0 Å². The zero-order valence-corrected chi connectivity index (χ0v) is 7.44. The largest absolute Gasteiger partial charge is 0.373 e. The zero-order valence-electron chi connectivity index (χ0n) is 7.44. The maximum Gasteiger partial charge on any atom is 0.0865 e. The molecule has 0 amide bonds. The molecule has 1 aliphatic carbocycles. The smallest absolute Gasteiger partial charge is 0.0865 e. The number of hydrogen-bond donors (Lipinski definition) is 0. The first-order valence-corrected chi connectivity index (χ1v) is 4.99. The molecule has 2 fully saturated rings. The van der Waals surface area contributed by atoms with Crippen molar-refractivity contribution in [1.29, 1.82) is 0 Å². The van der Waals surface area contributed by atoms with Gasteiger partial charge in [-0.05, 0) is 24.7 Å². The van der Waals surface area contributed by atoms with Gasteiger partial charge in [0.15, 0.2) is 0 Å². The Hall–Kier alpha value is -0.0400. The van der Waals surface area contributed by atoms with E-state index in [1.165, 1.54) is 38.5 Å². The van der Waals surface area contributed by atoms with Gasteiger partial charge in [0.2, 0.25) is 0 Å². The van der Waals surface area contributed by atoms with Crippen molar-refractivity contribution in [2.75, 3.05) is 6.61 Å². The zero-order chi connectivity index (χ0) is 7.73. The van der Waals surface area contributed by atoms with Crippen molar-refractivity contribution in [2.24, 2.45) is 5.41 Å². The Labute approximate surface area is 69.1 Å². The summed E-state index contributed by atoms with van der Waals surface area (Å²) in [5, 5.41) is 0. The van der Waals surface area contributed by atoms with Crippen LogP contribution >= 0.6 is 0 Å². The quantitative estimate of drug-likeness (QED) is 0.438. The normalized spacial score (nSPS) is 31.9. The molecule has 1 heteroatoms. The van der Waals surface area contributed by atoms with Gasteiger partial charge in [0.05, 0.1) is 12.7 Å². The predicted octanol–water partition coefficient (Wildman–Crippen LogP) is 2.75. The first-order chi connectivity index (χ1) is 5.37. The summed E-state index contributed by atoms with van der Waals surface area (Å²) in [6.45, 7) is 3.33. The van der Waals surface area contributed by atoms with Gasteiger partial charge in [-0.3, -0.25) is 0 Å². The summed E-state index contributed by atoms with van der Waals surface area (Å²) in [6.07, 6.45) is 9.19. The van der Waals surface area contributed by atoms with Crippen molar-refractivity contribution < 1.29 is 4.74 Å². The van der Waals surface area contributed by atoms with E-state index < -0.39 is 0 Å². The van der Waals surface area contributed by atoms with E-state index in [0.717, 1.165) is 6.61 Å². The van der Waals surface area contributed by atoms with E-state index in [9.17, 15) is 0 Å². The summed E-state index contributed by atoms with van der Waals surface area (Å²) in [5.41, 5.74) is 0.690. The van der Waals surface area contributed by atoms with Gasteiger partial charge in [-0.15, -0.1) is 0 Å². The van der Waals surface area contributed by atoms with Gasteiger partial charge in [-0.25, -0.2) is 0 Å². The third-order valence-electron chi connectivity index (χ3n) is 3.19. The first-order valence-electron chi connectivity index (χ1n) is 4.99. The lowest BCUT2D eigenvalue weighted by Gasteiger charge is -2.10. The van der Waals surface area contributed by atoms with Gasteiger partial charge in [-0.1, -0.05) is 26.2 Å². The molecule has 11 heavy (non-hydrogen) atoms. The van der Waals surface area contributed by atoms with Crippen LogP contribution in [-0.4, -0.2) is 12.7 Å². The van der Waals surface area contributed by atoms with Crippen molar-refractivity contribution in [3.05, 3.63) is 0 Å². The molecule has 0 N–H and O–H groups in total. The van der Waals surface area contributed by atoms with Crippen LogP contribution in [0.25, 0.3) is 0 Å². The van der Waals surface area contributed by atoms with E-state index in [-0.39, 0.29) is 0 Å². The van der Waals surface area contributed by atoms with Crippen LogP contribution in [0.4, 0.5) is 0 Å². The van der Waals surface area contributed by atoms with E-state index in [1.807, 2.05) is 0 Å². The molecule has 0 aromatic rings. The fourth-order valence-electron chi connectivity index (χ4n) is 2.02. The Balaban J connectivity index is 1.68. The van der Waals surface area contributed by atoms with Gasteiger partial charge < -0.3 is 4.74 Å². The number of ether oxygens (including phenoxy) is 1. The minimum atomic E-state index is 0.680. The molecule has 1 heterocycles. The van der Waals surface area contributed by atoms with Crippen molar-refractivity contribution in [3.8, 4) is 0 Å². The highest BCUT2D eigenvalue weighted by Gasteiger charge is 2.54. The summed E-state index contributed by atoms with van der Waals surface area (Å²) < 4.78 is 5.37. The second-order valence-electron chi connectivity index (χ2n) is 4.14. The van der Waals surface area contributed by atoms with Gasteiger partial charge >= 0.3 is 0 Å². The SMILES string of the molecule is CCCCCC1(C2CO2)CC1. The summed E-state index contributed by atoms with van der Waals surface area (Å²) in [4.78, 5) is 0. The number of unbranched alkanes of at least 4 members (excludes halogenated alkanes) is 2. The fourth-order valence-corrected chi connectivity index (χ4v) is 2.02. The average molecular weight is 154 g/mol. The van der Waals surface area contributed by atoms with Gasteiger partial charge in [0, 0.05) is 0 Å². The van der Waals surface area contributed by atoms with E-state index in [0.29, 0.717) is 11.5 Å². The Morgan fingerprint density at radius 2 is 2.09 bits per heavy atom. The van der Waals surface area contributed by atoms with Crippen LogP contribution in [-0.2, 0) is 4.74 Å². The monoisotopic (exact) mass is 154 g/mol. The topological polar surface area (TPSA) is 12.5 Å².